The van der Waals surface area contributed by atoms with Gasteiger partial charge in [0.2, 0.25) is 0 Å². The highest BCUT2D eigenvalue weighted by molar-refractivity contribution is 6.29. The second-order valence-electron chi connectivity index (χ2n) is 2.72. The Labute approximate surface area is 83.0 Å². The van der Waals surface area contributed by atoms with Crippen molar-refractivity contribution in [1.82, 2.24) is 5.32 Å². The van der Waals surface area contributed by atoms with Gasteiger partial charge in [0.15, 0.2) is 5.22 Å². The van der Waals surface area contributed by atoms with Gasteiger partial charge in [-0.3, -0.25) is 0 Å². The molecule has 0 bridgehead atoms. The first-order valence-corrected chi connectivity index (χ1v) is 4.62. The summed E-state index contributed by atoms with van der Waals surface area (Å²) >= 11 is 5.84. The van der Waals surface area contributed by atoms with E-state index in [0.717, 1.165) is 12.1 Å². The Morgan fingerprint density at radius 3 is 2.92 bits per heavy atom. The SMILES string of the molecule is CCNC(COC)c1ccoc1Cl. The predicted octanol–water partition coefficient (Wildman–Crippen LogP) is 2.23. The summed E-state index contributed by atoms with van der Waals surface area (Å²) in [7, 11) is 1.67. The van der Waals surface area contributed by atoms with Gasteiger partial charge in [0, 0.05) is 12.7 Å². The van der Waals surface area contributed by atoms with Crippen LogP contribution >= 0.6 is 11.6 Å². The number of ether oxygens (including phenoxy) is 1. The third kappa shape index (κ3) is 2.72. The lowest BCUT2D eigenvalue weighted by Gasteiger charge is -2.15. The van der Waals surface area contributed by atoms with E-state index in [-0.39, 0.29) is 6.04 Å². The largest absolute Gasteiger partial charge is 0.453 e. The van der Waals surface area contributed by atoms with E-state index in [2.05, 4.69) is 5.32 Å². The molecule has 1 aromatic heterocycles. The fourth-order valence-electron chi connectivity index (χ4n) is 1.23. The number of halogens is 1. The molecule has 0 amide bonds. The number of rotatable bonds is 5. The van der Waals surface area contributed by atoms with Crippen LogP contribution in [0, 0.1) is 0 Å². The molecule has 0 aromatic carbocycles. The van der Waals surface area contributed by atoms with Gasteiger partial charge in [0.1, 0.15) is 0 Å². The van der Waals surface area contributed by atoms with Crippen LogP contribution in [0.25, 0.3) is 0 Å². The van der Waals surface area contributed by atoms with E-state index < -0.39 is 0 Å². The monoisotopic (exact) mass is 203 g/mol. The van der Waals surface area contributed by atoms with Gasteiger partial charge in [-0.15, -0.1) is 0 Å². The standard InChI is InChI=1S/C9H14ClNO2/c1-3-11-8(6-12-2)7-4-5-13-9(7)10/h4-5,8,11H,3,6H2,1-2H3. The molecule has 0 saturated carbocycles. The molecule has 4 heteroatoms. The lowest BCUT2D eigenvalue weighted by molar-refractivity contribution is 0.167. The zero-order valence-electron chi connectivity index (χ0n) is 7.84. The molecule has 1 aromatic rings. The van der Waals surface area contributed by atoms with Gasteiger partial charge >= 0.3 is 0 Å². The summed E-state index contributed by atoms with van der Waals surface area (Å²) in [6, 6.07) is 1.97. The summed E-state index contributed by atoms with van der Waals surface area (Å²) in [5.41, 5.74) is 0.949. The van der Waals surface area contributed by atoms with Crippen molar-refractivity contribution < 1.29 is 9.15 Å². The fourth-order valence-corrected chi connectivity index (χ4v) is 1.47. The van der Waals surface area contributed by atoms with Crippen molar-refractivity contribution in [3.8, 4) is 0 Å². The number of furan rings is 1. The normalized spacial score (nSPS) is 13.2. The zero-order chi connectivity index (χ0) is 9.68. The van der Waals surface area contributed by atoms with Crippen LogP contribution in [0.15, 0.2) is 16.7 Å². The van der Waals surface area contributed by atoms with E-state index in [9.17, 15) is 0 Å². The van der Waals surface area contributed by atoms with Crippen molar-refractivity contribution in [2.45, 2.75) is 13.0 Å². The number of nitrogens with one attached hydrogen (secondary N) is 1. The number of hydrogen-bond acceptors (Lipinski definition) is 3. The molecule has 0 aliphatic heterocycles. The second kappa shape index (κ2) is 5.27. The van der Waals surface area contributed by atoms with Crippen LogP contribution in [0.2, 0.25) is 5.22 Å². The first-order valence-electron chi connectivity index (χ1n) is 4.24. The minimum atomic E-state index is 0.112. The van der Waals surface area contributed by atoms with Crippen LogP contribution < -0.4 is 5.32 Å². The number of likely N-dealkylation sites (N-methyl/N-ethyl adjacent to an activating group) is 1. The lowest BCUT2D eigenvalue weighted by atomic mass is 10.1. The second-order valence-corrected chi connectivity index (χ2v) is 3.06. The maximum absolute atomic E-state index is 5.84. The molecule has 0 saturated heterocycles. The molecule has 1 N–H and O–H groups in total. The van der Waals surface area contributed by atoms with Crippen molar-refractivity contribution >= 4 is 11.6 Å². The molecule has 0 spiro atoms. The molecule has 13 heavy (non-hydrogen) atoms. The molecule has 1 atom stereocenters. The van der Waals surface area contributed by atoms with Crippen molar-refractivity contribution in [2.75, 3.05) is 20.3 Å². The topological polar surface area (TPSA) is 34.4 Å². The number of hydrogen-bond donors (Lipinski definition) is 1. The van der Waals surface area contributed by atoms with Crippen LogP contribution in [0.3, 0.4) is 0 Å². The maximum Gasteiger partial charge on any atom is 0.197 e. The third-order valence-electron chi connectivity index (χ3n) is 1.81. The van der Waals surface area contributed by atoms with E-state index in [1.54, 1.807) is 13.4 Å². The van der Waals surface area contributed by atoms with E-state index >= 15 is 0 Å². The van der Waals surface area contributed by atoms with Crippen LogP contribution in [-0.2, 0) is 4.74 Å². The molecule has 1 unspecified atom stereocenters. The summed E-state index contributed by atoms with van der Waals surface area (Å²) in [4.78, 5) is 0. The quantitative estimate of drug-likeness (QED) is 0.797. The van der Waals surface area contributed by atoms with Crippen molar-refractivity contribution in [2.24, 2.45) is 0 Å². The van der Waals surface area contributed by atoms with Crippen LogP contribution in [0.5, 0.6) is 0 Å². The first-order chi connectivity index (χ1) is 6.29. The Bertz CT molecular complexity index is 244. The maximum atomic E-state index is 5.84. The molecule has 0 aliphatic carbocycles. The molecule has 0 radical (unpaired) electrons. The highest BCUT2D eigenvalue weighted by atomic mass is 35.5. The Balaban J connectivity index is 2.69. The van der Waals surface area contributed by atoms with Gasteiger partial charge in [-0.2, -0.15) is 0 Å². The summed E-state index contributed by atoms with van der Waals surface area (Å²) in [5.74, 6) is 0. The molecule has 1 rings (SSSR count). The highest BCUT2D eigenvalue weighted by Crippen LogP contribution is 2.23. The summed E-state index contributed by atoms with van der Waals surface area (Å²) in [6.07, 6.45) is 1.58. The predicted molar refractivity (Wildman–Crippen MR) is 52.0 cm³/mol. The third-order valence-corrected chi connectivity index (χ3v) is 2.11. The molecule has 0 fully saturated rings. The number of methoxy groups -OCH3 is 1. The Morgan fingerprint density at radius 1 is 1.69 bits per heavy atom. The summed E-state index contributed by atoms with van der Waals surface area (Å²) < 4.78 is 10.1. The molecular formula is C9H14ClNO2. The lowest BCUT2D eigenvalue weighted by Crippen LogP contribution is -2.24. The van der Waals surface area contributed by atoms with Gasteiger partial charge in [-0.05, 0) is 24.2 Å². The smallest absolute Gasteiger partial charge is 0.197 e. The van der Waals surface area contributed by atoms with Gasteiger partial charge in [-0.1, -0.05) is 6.92 Å². The van der Waals surface area contributed by atoms with Crippen LogP contribution in [-0.4, -0.2) is 20.3 Å². The minimum absolute atomic E-state index is 0.112. The molecule has 74 valence electrons. The van der Waals surface area contributed by atoms with Gasteiger partial charge in [-0.25, -0.2) is 0 Å². The molecule has 0 aliphatic rings. The average molecular weight is 204 g/mol. The zero-order valence-corrected chi connectivity index (χ0v) is 8.60. The Hall–Kier alpha value is -0.510. The van der Waals surface area contributed by atoms with Crippen molar-refractivity contribution in [3.05, 3.63) is 23.1 Å². The first kappa shape index (κ1) is 10.6. The van der Waals surface area contributed by atoms with Gasteiger partial charge in [0.05, 0.1) is 18.9 Å². The summed E-state index contributed by atoms with van der Waals surface area (Å²) in [5, 5.41) is 3.69. The van der Waals surface area contributed by atoms with Gasteiger partial charge < -0.3 is 14.5 Å². The fraction of sp³-hybridized carbons (Fsp3) is 0.556. The van der Waals surface area contributed by atoms with Crippen LogP contribution in [0.4, 0.5) is 0 Å². The molecule has 1 heterocycles. The Kier molecular flexibility index (Phi) is 4.28. The van der Waals surface area contributed by atoms with Gasteiger partial charge in [0.25, 0.3) is 0 Å². The average Bonchev–Trinajstić information content (AvgIpc) is 2.51. The van der Waals surface area contributed by atoms with Crippen LogP contribution in [0.1, 0.15) is 18.5 Å². The molecular weight excluding hydrogens is 190 g/mol. The van der Waals surface area contributed by atoms with E-state index in [0.29, 0.717) is 11.8 Å². The van der Waals surface area contributed by atoms with Crippen molar-refractivity contribution in [3.63, 3.8) is 0 Å². The highest BCUT2D eigenvalue weighted by Gasteiger charge is 2.15. The van der Waals surface area contributed by atoms with Crippen molar-refractivity contribution in [1.29, 1.82) is 0 Å². The minimum Gasteiger partial charge on any atom is -0.453 e. The molecule has 3 nitrogen and oxygen atoms in total. The van der Waals surface area contributed by atoms with E-state index in [1.165, 1.54) is 0 Å². The summed E-state index contributed by atoms with van der Waals surface area (Å²) in [6.45, 7) is 3.50. The van der Waals surface area contributed by atoms with E-state index in [1.807, 2.05) is 13.0 Å². The Morgan fingerprint density at radius 2 is 2.46 bits per heavy atom. The van der Waals surface area contributed by atoms with E-state index in [4.69, 9.17) is 20.8 Å².